The fraction of sp³-hybridized carbons (Fsp3) is 0.926. The summed E-state index contributed by atoms with van der Waals surface area (Å²) < 4.78 is 11.0. The molecular weight excluding hydrogens is 402 g/mol. The summed E-state index contributed by atoms with van der Waals surface area (Å²) in [5.74, 6) is 0.0244. The zero-order chi connectivity index (χ0) is 24.2. The number of esters is 1. The Kier molecular flexibility index (Phi) is 19.6. The number of ether oxygens (including phenoxy) is 2. The van der Waals surface area contributed by atoms with Gasteiger partial charge in [0.2, 0.25) is 0 Å². The Balaban J connectivity index is 4.19. The predicted octanol–water partition coefficient (Wildman–Crippen LogP) is 7.76. The van der Waals surface area contributed by atoms with Crippen molar-refractivity contribution in [3.8, 4) is 0 Å². The molecule has 0 radical (unpaired) electrons. The van der Waals surface area contributed by atoms with Gasteiger partial charge >= 0.3 is 12.1 Å². The Morgan fingerprint density at radius 3 is 1.78 bits per heavy atom. The molecule has 0 aliphatic heterocycles. The number of nitrogens with zero attached hydrogens (tertiary/aromatic N) is 1. The second kappa shape index (κ2) is 20.4. The molecule has 32 heavy (non-hydrogen) atoms. The summed E-state index contributed by atoms with van der Waals surface area (Å²) in [6.07, 6.45) is 16.4. The van der Waals surface area contributed by atoms with E-state index in [2.05, 4.69) is 20.8 Å². The molecule has 0 aromatic rings. The quantitative estimate of drug-likeness (QED) is 0.139. The van der Waals surface area contributed by atoms with Crippen LogP contribution in [0.2, 0.25) is 0 Å². The molecule has 5 heteroatoms. The summed E-state index contributed by atoms with van der Waals surface area (Å²) in [7, 11) is 1.64. The van der Waals surface area contributed by atoms with Gasteiger partial charge in [-0.1, -0.05) is 112 Å². The van der Waals surface area contributed by atoms with E-state index in [-0.39, 0.29) is 11.9 Å². The van der Waals surface area contributed by atoms with Crippen molar-refractivity contribution in [1.82, 2.24) is 4.90 Å². The van der Waals surface area contributed by atoms with Crippen molar-refractivity contribution in [3.05, 3.63) is 0 Å². The van der Waals surface area contributed by atoms with Crippen molar-refractivity contribution >= 4 is 12.1 Å². The Hall–Kier alpha value is -1.26. The van der Waals surface area contributed by atoms with Crippen LogP contribution in [0, 0.1) is 11.8 Å². The first kappa shape index (κ1) is 30.7. The molecule has 0 aliphatic carbocycles. The minimum absolute atomic E-state index is 0.0326. The van der Waals surface area contributed by atoms with Gasteiger partial charge < -0.3 is 9.47 Å². The highest BCUT2D eigenvalue weighted by Gasteiger charge is 2.32. The number of hydrogen-bond donors (Lipinski definition) is 0. The highest BCUT2D eigenvalue weighted by atomic mass is 16.6. The van der Waals surface area contributed by atoms with E-state index in [9.17, 15) is 9.59 Å². The third kappa shape index (κ3) is 14.7. The lowest BCUT2D eigenvalue weighted by Crippen LogP contribution is -2.47. The molecule has 190 valence electrons. The summed E-state index contributed by atoms with van der Waals surface area (Å²) >= 11 is 0. The average Bonchev–Trinajstić information content (AvgIpc) is 2.77. The summed E-state index contributed by atoms with van der Waals surface area (Å²) in [4.78, 5) is 26.6. The lowest BCUT2D eigenvalue weighted by Gasteiger charge is -2.29. The van der Waals surface area contributed by atoms with Crippen molar-refractivity contribution in [3.63, 3.8) is 0 Å². The van der Waals surface area contributed by atoms with E-state index in [4.69, 9.17) is 9.47 Å². The van der Waals surface area contributed by atoms with Crippen molar-refractivity contribution in [2.24, 2.45) is 11.8 Å². The molecule has 0 aromatic carbocycles. The molecular formula is C27H53NO4. The van der Waals surface area contributed by atoms with Crippen molar-refractivity contribution in [2.75, 3.05) is 20.3 Å². The van der Waals surface area contributed by atoms with Crippen LogP contribution in [0.4, 0.5) is 4.79 Å². The van der Waals surface area contributed by atoms with Gasteiger partial charge in [-0.25, -0.2) is 9.59 Å². The first-order valence-corrected chi connectivity index (χ1v) is 13.4. The minimum atomic E-state index is -0.610. The van der Waals surface area contributed by atoms with Gasteiger partial charge in [0, 0.05) is 7.05 Å². The summed E-state index contributed by atoms with van der Waals surface area (Å²) in [5.41, 5.74) is 0. The topological polar surface area (TPSA) is 55.8 Å². The minimum Gasteiger partial charge on any atom is -0.464 e. The zero-order valence-corrected chi connectivity index (χ0v) is 22.1. The van der Waals surface area contributed by atoms with E-state index in [0.717, 1.165) is 38.5 Å². The number of carbonyl (C=O) groups excluding carboxylic acids is 2. The van der Waals surface area contributed by atoms with Crippen LogP contribution in [0.5, 0.6) is 0 Å². The van der Waals surface area contributed by atoms with Gasteiger partial charge in [-0.3, -0.25) is 4.90 Å². The fourth-order valence-corrected chi connectivity index (χ4v) is 4.03. The maximum atomic E-state index is 12.7. The Morgan fingerprint density at radius 2 is 1.28 bits per heavy atom. The number of unbranched alkanes of at least 4 members (excludes halogenated alkanes) is 10. The first-order valence-electron chi connectivity index (χ1n) is 13.4. The van der Waals surface area contributed by atoms with E-state index in [1.807, 2.05) is 13.8 Å². The molecule has 0 saturated carbocycles. The van der Waals surface area contributed by atoms with Crippen molar-refractivity contribution < 1.29 is 19.1 Å². The molecule has 0 N–H and O–H groups in total. The van der Waals surface area contributed by atoms with Gasteiger partial charge in [0.15, 0.2) is 0 Å². The van der Waals surface area contributed by atoms with Crippen LogP contribution in [-0.2, 0) is 14.3 Å². The second-order valence-corrected chi connectivity index (χ2v) is 9.64. The second-order valence-electron chi connectivity index (χ2n) is 9.64. The Labute approximate surface area is 199 Å². The Morgan fingerprint density at radius 1 is 0.750 bits per heavy atom. The molecule has 2 unspecified atom stereocenters. The van der Waals surface area contributed by atoms with Gasteiger partial charge in [-0.05, 0) is 24.7 Å². The monoisotopic (exact) mass is 455 g/mol. The van der Waals surface area contributed by atoms with Crippen LogP contribution in [0.3, 0.4) is 0 Å². The van der Waals surface area contributed by atoms with Gasteiger partial charge in [-0.15, -0.1) is 0 Å². The molecule has 1 amide bonds. The van der Waals surface area contributed by atoms with Gasteiger partial charge in [-0.2, -0.15) is 0 Å². The summed E-state index contributed by atoms with van der Waals surface area (Å²) in [6.45, 7) is 11.3. The zero-order valence-electron chi connectivity index (χ0n) is 22.1. The standard InChI is InChI=1S/C27H53NO4/c1-7-10-12-13-14-15-16-17-18-19-21-31-26(29)25(23(4)5)28(6)27(30)32-22-24(9-3)20-11-8-2/h23-25H,7-22H2,1-6H3. The highest BCUT2D eigenvalue weighted by Crippen LogP contribution is 2.17. The molecule has 0 heterocycles. The van der Waals surface area contributed by atoms with E-state index in [1.165, 1.54) is 56.3 Å². The molecule has 0 bridgehead atoms. The van der Waals surface area contributed by atoms with Crippen molar-refractivity contribution in [1.29, 1.82) is 0 Å². The van der Waals surface area contributed by atoms with Gasteiger partial charge in [0.05, 0.1) is 13.2 Å². The molecule has 0 aliphatic rings. The maximum Gasteiger partial charge on any atom is 0.410 e. The first-order chi connectivity index (χ1) is 15.4. The molecule has 0 saturated heterocycles. The van der Waals surface area contributed by atoms with Gasteiger partial charge in [0.25, 0.3) is 0 Å². The predicted molar refractivity (Wildman–Crippen MR) is 134 cm³/mol. The fourth-order valence-electron chi connectivity index (χ4n) is 4.03. The van der Waals surface area contributed by atoms with Crippen LogP contribution in [-0.4, -0.2) is 43.3 Å². The van der Waals surface area contributed by atoms with Crippen LogP contribution in [0.25, 0.3) is 0 Å². The van der Waals surface area contributed by atoms with E-state index < -0.39 is 12.1 Å². The summed E-state index contributed by atoms with van der Waals surface area (Å²) in [6, 6.07) is -0.610. The van der Waals surface area contributed by atoms with E-state index >= 15 is 0 Å². The Bertz CT molecular complexity index is 467. The number of likely N-dealkylation sites (N-methyl/N-ethyl adjacent to an activating group) is 1. The maximum absolute atomic E-state index is 12.7. The van der Waals surface area contributed by atoms with Crippen LogP contribution in [0.1, 0.15) is 125 Å². The third-order valence-electron chi connectivity index (χ3n) is 6.31. The molecule has 0 fully saturated rings. The van der Waals surface area contributed by atoms with E-state index in [0.29, 0.717) is 19.1 Å². The van der Waals surface area contributed by atoms with Crippen LogP contribution >= 0.6 is 0 Å². The number of carbonyl (C=O) groups is 2. The molecule has 2 atom stereocenters. The third-order valence-corrected chi connectivity index (χ3v) is 6.31. The lowest BCUT2D eigenvalue weighted by atomic mass is 10.0. The van der Waals surface area contributed by atoms with Gasteiger partial charge in [0.1, 0.15) is 6.04 Å². The van der Waals surface area contributed by atoms with E-state index in [1.54, 1.807) is 7.05 Å². The SMILES string of the molecule is CCCCCCCCCCCCOC(=O)C(C(C)C)N(C)C(=O)OCC(CC)CCCC. The largest absolute Gasteiger partial charge is 0.464 e. The number of rotatable bonds is 20. The lowest BCUT2D eigenvalue weighted by molar-refractivity contribution is -0.150. The van der Waals surface area contributed by atoms with Crippen LogP contribution in [0.15, 0.2) is 0 Å². The summed E-state index contributed by atoms with van der Waals surface area (Å²) in [5, 5.41) is 0. The molecule has 5 nitrogen and oxygen atoms in total. The van der Waals surface area contributed by atoms with Crippen molar-refractivity contribution in [2.45, 2.75) is 131 Å². The normalized spacial score (nSPS) is 13.1. The smallest absolute Gasteiger partial charge is 0.410 e. The average molecular weight is 456 g/mol. The molecule has 0 aromatic heterocycles. The highest BCUT2D eigenvalue weighted by molar-refractivity contribution is 5.81. The number of amides is 1. The van der Waals surface area contributed by atoms with Crippen LogP contribution < -0.4 is 0 Å². The number of hydrogen-bond acceptors (Lipinski definition) is 4. The molecule has 0 rings (SSSR count). The molecule has 0 spiro atoms.